The van der Waals surface area contributed by atoms with E-state index >= 15 is 0 Å². The molecule has 12 heteroatoms. The van der Waals surface area contributed by atoms with Crippen LogP contribution in [0.4, 0.5) is 10.3 Å². The maximum atomic E-state index is 6.07. The van der Waals surface area contributed by atoms with Crippen LogP contribution in [0.15, 0.2) is 107 Å². The molecule has 1 fully saturated rings. The first kappa shape index (κ1) is 27.9. The Labute approximate surface area is 260 Å². The van der Waals surface area contributed by atoms with Gasteiger partial charge in [0, 0.05) is 0 Å². The maximum Gasteiger partial charge on any atom is 0.263 e. The van der Waals surface area contributed by atoms with Crippen LogP contribution in [0.1, 0.15) is 11.1 Å². The number of nitrogens with zero attached hydrogens (tertiary/aromatic N) is 4. The predicted molar refractivity (Wildman–Crippen MR) is 175 cm³/mol. The fraction of sp³-hybridized carbons (Fsp3) is 0.125. The van der Waals surface area contributed by atoms with Gasteiger partial charge < -0.3 is 18.9 Å². The van der Waals surface area contributed by atoms with Gasteiger partial charge in [0.15, 0.2) is 0 Å². The quantitative estimate of drug-likeness (QED) is 0.125. The lowest BCUT2D eigenvalue weighted by Gasteiger charge is -2.31. The molecule has 44 heavy (non-hydrogen) atoms. The number of benzene rings is 4. The number of hydrazone groups is 2. The van der Waals surface area contributed by atoms with Crippen molar-refractivity contribution in [3.05, 3.63) is 108 Å². The second-order valence-electron chi connectivity index (χ2n) is 9.57. The predicted octanol–water partition coefficient (Wildman–Crippen LogP) is 6.95. The van der Waals surface area contributed by atoms with E-state index < -0.39 is 12.6 Å². The highest BCUT2D eigenvalue weighted by atomic mass is 32.1. The third-order valence-corrected chi connectivity index (χ3v) is 8.35. The molecule has 2 N–H and O–H groups in total. The molecule has 0 spiro atoms. The minimum atomic E-state index is -0.733. The topological polar surface area (TPSA) is 111 Å². The van der Waals surface area contributed by atoms with Gasteiger partial charge in [0.25, 0.3) is 12.6 Å². The number of fused-ring (bicyclic) bond motifs is 2. The number of nitrogens with one attached hydrogen (secondary N) is 2. The lowest BCUT2D eigenvalue weighted by atomic mass is 10.2. The minimum Gasteiger partial charge on any atom is -0.458 e. The van der Waals surface area contributed by atoms with E-state index in [-0.39, 0.29) is 0 Å². The van der Waals surface area contributed by atoms with Crippen LogP contribution in [0.25, 0.3) is 20.4 Å². The van der Waals surface area contributed by atoms with E-state index in [1.165, 1.54) is 0 Å². The van der Waals surface area contributed by atoms with Crippen LogP contribution in [-0.2, 0) is 9.47 Å². The molecule has 0 bridgehead atoms. The summed E-state index contributed by atoms with van der Waals surface area (Å²) >= 11 is 3.11. The molecule has 0 aliphatic carbocycles. The molecule has 4 aromatic carbocycles. The monoisotopic (exact) mass is 622 g/mol. The van der Waals surface area contributed by atoms with E-state index in [9.17, 15) is 0 Å². The van der Waals surface area contributed by atoms with E-state index in [4.69, 9.17) is 18.9 Å². The molecule has 1 aliphatic rings. The van der Waals surface area contributed by atoms with Crippen molar-refractivity contribution in [2.75, 3.05) is 24.1 Å². The lowest BCUT2D eigenvalue weighted by Crippen LogP contribution is -2.45. The van der Waals surface area contributed by atoms with Crippen molar-refractivity contribution >= 4 is 65.8 Å². The van der Waals surface area contributed by atoms with Crippen molar-refractivity contribution in [3.63, 3.8) is 0 Å². The van der Waals surface area contributed by atoms with E-state index in [1.807, 2.05) is 97.1 Å². The number of hydrogen-bond acceptors (Lipinski definition) is 12. The summed E-state index contributed by atoms with van der Waals surface area (Å²) in [4.78, 5) is 9.04. The molecular formula is C32H26N6O4S2. The number of rotatable bonds is 10. The highest BCUT2D eigenvalue weighted by Gasteiger charge is 2.31. The highest BCUT2D eigenvalue weighted by molar-refractivity contribution is 7.22. The zero-order valence-corrected chi connectivity index (χ0v) is 24.8. The summed E-state index contributed by atoms with van der Waals surface area (Å²) < 4.78 is 26.0. The molecule has 220 valence electrons. The Morgan fingerprint density at radius 3 is 1.48 bits per heavy atom. The first-order valence-electron chi connectivity index (χ1n) is 13.8. The molecule has 10 nitrogen and oxygen atoms in total. The van der Waals surface area contributed by atoms with E-state index in [0.29, 0.717) is 24.7 Å². The fourth-order valence-electron chi connectivity index (χ4n) is 4.36. The molecule has 6 aromatic rings. The average Bonchev–Trinajstić information content (AvgIpc) is 3.67. The van der Waals surface area contributed by atoms with Crippen LogP contribution in [0.3, 0.4) is 0 Å². The van der Waals surface area contributed by atoms with Crippen LogP contribution in [-0.4, -0.2) is 48.2 Å². The van der Waals surface area contributed by atoms with Crippen molar-refractivity contribution in [1.82, 2.24) is 9.97 Å². The van der Waals surface area contributed by atoms with Gasteiger partial charge in [-0.1, -0.05) is 46.9 Å². The van der Waals surface area contributed by atoms with Gasteiger partial charge in [-0.2, -0.15) is 10.2 Å². The third-order valence-electron chi connectivity index (χ3n) is 6.47. The standard InChI is InChI=1S/C32H26N6O4S2/c1-3-7-27-25(5-1)35-31(43-27)37-33-19-21-9-13-23(14-10-21)41-29-30(40-18-17-39-29)42-24-15-11-22(12-16-24)20-34-38-32-36-26-6-2-4-8-28(26)44-32/h1-16,19-20,29-30H,17-18H2,(H,35,37)(H,36,38)/b33-19+,34-20+. The van der Waals surface area contributed by atoms with Crippen LogP contribution >= 0.6 is 22.7 Å². The van der Waals surface area contributed by atoms with Crippen molar-refractivity contribution in [3.8, 4) is 11.5 Å². The van der Waals surface area contributed by atoms with E-state index in [2.05, 4.69) is 31.0 Å². The molecular weight excluding hydrogens is 597 g/mol. The van der Waals surface area contributed by atoms with Crippen LogP contribution in [0.5, 0.6) is 11.5 Å². The molecule has 7 rings (SSSR count). The van der Waals surface area contributed by atoms with Gasteiger partial charge in [0.05, 0.1) is 46.1 Å². The smallest absolute Gasteiger partial charge is 0.263 e. The lowest BCUT2D eigenvalue weighted by molar-refractivity contribution is -0.271. The van der Waals surface area contributed by atoms with Crippen molar-refractivity contribution in [2.45, 2.75) is 12.6 Å². The Balaban J connectivity index is 0.915. The molecule has 2 unspecified atom stereocenters. The SMILES string of the molecule is C(=N\Nc1nc2ccccc2s1)/c1ccc(OC2OCCOC2Oc2ccc(/C=N/Nc3nc4ccccc4s3)cc2)cc1. The van der Waals surface area contributed by atoms with Crippen molar-refractivity contribution in [1.29, 1.82) is 0 Å². The maximum absolute atomic E-state index is 6.07. The summed E-state index contributed by atoms with van der Waals surface area (Å²) in [5, 5.41) is 10.1. The number of thiazole rings is 2. The highest BCUT2D eigenvalue weighted by Crippen LogP contribution is 2.27. The first-order chi connectivity index (χ1) is 21.7. The molecule has 0 radical (unpaired) electrons. The molecule has 0 saturated carbocycles. The van der Waals surface area contributed by atoms with Gasteiger partial charge in [-0.3, -0.25) is 10.9 Å². The Morgan fingerprint density at radius 1 is 0.614 bits per heavy atom. The Bertz CT molecular complexity index is 1700. The molecule has 2 atom stereocenters. The molecule has 0 amide bonds. The molecule has 1 aliphatic heterocycles. The summed E-state index contributed by atoms with van der Waals surface area (Å²) in [6.07, 6.45) is 1.99. The third kappa shape index (κ3) is 6.84. The number of para-hydroxylation sites is 2. The van der Waals surface area contributed by atoms with E-state index in [1.54, 1.807) is 35.1 Å². The Hall–Kier alpha value is -4.88. The van der Waals surface area contributed by atoms with Gasteiger partial charge in [-0.05, 0) is 83.9 Å². The summed E-state index contributed by atoms with van der Waals surface area (Å²) in [5.41, 5.74) is 9.69. The number of ether oxygens (including phenoxy) is 4. The van der Waals surface area contributed by atoms with Crippen molar-refractivity contribution in [2.24, 2.45) is 10.2 Å². The van der Waals surface area contributed by atoms with Gasteiger partial charge >= 0.3 is 0 Å². The molecule has 3 heterocycles. The van der Waals surface area contributed by atoms with Crippen LogP contribution < -0.4 is 20.3 Å². The zero-order valence-electron chi connectivity index (χ0n) is 23.2. The first-order valence-corrected chi connectivity index (χ1v) is 15.4. The largest absolute Gasteiger partial charge is 0.458 e. The molecule has 2 aromatic heterocycles. The van der Waals surface area contributed by atoms with Gasteiger partial charge in [0.1, 0.15) is 11.5 Å². The van der Waals surface area contributed by atoms with Gasteiger partial charge in [-0.25, -0.2) is 9.97 Å². The second-order valence-corrected chi connectivity index (χ2v) is 11.6. The Kier molecular flexibility index (Phi) is 8.37. The summed E-state index contributed by atoms with van der Waals surface area (Å²) in [7, 11) is 0. The average molecular weight is 623 g/mol. The van der Waals surface area contributed by atoms with Gasteiger partial charge in [0.2, 0.25) is 10.3 Å². The Morgan fingerprint density at radius 2 is 1.05 bits per heavy atom. The summed E-state index contributed by atoms with van der Waals surface area (Å²) in [6.45, 7) is 0.813. The number of hydrogen-bond donors (Lipinski definition) is 2. The van der Waals surface area contributed by atoms with Crippen LogP contribution in [0.2, 0.25) is 0 Å². The molecule has 1 saturated heterocycles. The zero-order chi connectivity index (χ0) is 29.6. The second kappa shape index (κ2) is 13.2. The van der Waals surface area contributed by atoms with E-state index in [0.717, 1.165) is 41.8 Å². The minimum absolute atomic E-state index is 0.407. The van der Waals surface area contributed by atoms with Crippen LogP contribution in [0, 0.1) is 0 Å². The van der Waals surface area contributed by atoms with Crippen molar-refractivity contribution < 1.29 is 18.9 Å². The summed E-state index contributed by atoms with van der Waals surface area (Å²) in [5.74, 6) is 1.25. The number of anilines is 2. The summed E-state index contributed by atoms with van der Waals surface area (Å²) in [6, 6.07) is 31.0. The fourth-order valence-corrected chi connectivity index (χ4v) is 5.99. The normalized spacial score (nSPS) is 17.0. The van der Waals surface area contributed by atoms with Gasteiger partial charge in [-0.15, -0.1) is 0 Å². The number of aromatic nitrogens is 2.